The Hall–Kier alpha value is -0.880. The van der Waals surface area contributed by atoms with E-state index in [0.29, 0.717) is 5.92 Å². The number of rotatable bonds is 2. The van der Waals surface area contributed by atoms with Crippen LogP contribution in [0.4, 0.5) is 0 Å². The first-order chi connectivity index (χ1) is 6.68. The van der Waals surface area contributed by atoms with Crippen molar-refractivity contribution in [2.45, 2.75) is 44.4 Å². The van der Waals surface area contributed by atoms with Crippen molar-refractivity contribution in [1.82, 2.24) is 4.98 Å². The molecular weight excluding hydrogens is 192 g/mol. The highest BCUT2D eigenvalue weighted by Crippen LogP contribution is 2.44. The molecule has 0 saturated heterocycles. The van der Waals surface area contributed by atoms with Crippen molar-refractivity contribution >= 4 is 11.3 Å². The molecule has 1 aromatic rings. The van der Waals surface area contributed by atoms with Crippen molar-refractivity contribution in [2.24, 2.45) is 0 Å². The molecule has 0 atom stereocenters. The summed E-state index contributed by atoms with van der Waals surface area (Å²) in [5.74, 6) is 0.468. The lowest BCUT2D eigenvalue weighted by Gasteiger charge is -2.32. The van der Waals surface area contributed by atoms with Crippen molar-refractivity contribution in [3.8, 4) is 6.07 Å². The van der Waals surface area contributed by atoms with Crippen LogP contribution in [-0.2, 0) is 5.41 Å². The predicted octanol–water partition coefficient (Wildman–Crippen LogP) is 3.21. The van der Waals surface area contributed by atoms with Crippen LogP contribution in [0, 0.1) is 11.3 Å². The molecule has 2 rings (SSSR count). The lowest BCUT2D eigenvalue weighted by molar-refractivity contribution is 0.322. The van der Waals surface area contributed by atoms with Crippen LogP contribution in [0.3, 0.4) is 0 Å². The molecule has 1 fully saturated rings. The molecule has 0 aliphatic heterocycles. The third kappa shape index (κ3) is 1.34. The molecule has 1 heterocycles. The zero-order chi connectivity index (χ0) is 10.2. The van der Waals surface area contributed by atoms with E-state index in [-0.39, 0.29) is 5.41 Å². The molecule has 0 bridgehead atoms. The average molecular weight is 206 g/mol. The maximum Gasteiger partial charge on any atom is 0.113 e. The number of thiazole rings is 1. The third-order valence-corrected chi connectivity index (χ3v) is 4.01. The first-order valence-electron chi connectivity index (χ1n) is 5.05. The number of hydrogen-bond acceptors (Lipinski definition) is 3. The van der Waals surface area contributed by atoms with Gasteiger partial charge in [-0.05, 0) is 25.2 Å². The van der Waals surface area contributed by atoms with Crippen LogP contribution < -0.4 is 0 Å². The van der Waals surface area contributed by atoms with Gasteiger partial charge in [-0.15, -0.1) is 11.3 Å². The molecule has 1 aliphatic carbocycles. The quantitative estimate of drug-likeness (QED) is 0.745. The van der Waals surface area contributed by atoms with Gasteiger partial charge in [0.15, 0.2) is 0 Å². The summed E-state index contributed by atoms with van der Waals surface area (Å²) >= 11 is 1.65. The predicted molar refractivity (Wildman–Crippen MR) is 57.3 cm³/mol. The Morgan fingerprint density at radius 1 is 1.57 bits per heavy atom. The molecule has 0 spiro atoms. The van der Waals surface area contributed by atoms with Crippen LogP contribution in [-0.4, -0.2) is 4.98 Å². The number of hydrogen-bond donors (Lipinski definition) is 0. The minimum Gasteiger partial charge on any atom is -0.244 e. The van der Waals surface area contributed by atoms with Gasteiger partial charge in [-0.2, -0.15) is 5.26 Å². The first-order valence-corrected chi connectivity index (χ1v) is 5.93. The standard InChI is InChI=1S/C11H14N2S/c1-8(2)9-6-14-10(13-9)11(7-12)4-3-5-11/h6,8H,3-5H2,1-2H3. The monoisotopic (exact) mass is 206 g/mol. The van der Waals surface area contributed by atoms with Crippen LogP contribution in [0.25, 0.3) is 0 Å². The number of aromatic nitrogens is 1. The zero-order valence-corrected chi connectivity index (χ0v) is 9.40. The number of nitrogens with zero attached hydrogens (tertiary/aromatic N) is 2. The summed E-state index contributed by atoms with van der Waals surface area (Å²) < 4.78 is 0. The van der Waals surface area contributed by atoms with E-state index in [1.807, 2.05) is 0 Å². The molecule has 2 nitrogen and oxygen atoms in total. The highest BCUT2D eigenvalue weighted by atomic mass is 32.1. The average Bonchev–Trinajstić information content (AvgIpc) is 2.52. The van der Waals surface area contributed by atoms with Crippen LogP contribution >= 0.6 is 11.3 Å². The second-order valence-corrected chi connectivity index (χ2v) is 5.14. The second-order valence-electron chi connectivity index (χ2n) is 4.28. The molecule has 14 heavy (non-hydrogen) atoms. The first kappa shape index (κ1) is 9.67. The molecule has 1 aromatic heterocycles. The van der Waals surface area contributed by atoms with Crippen molar-refractivity contribution in [2.75, 3.05) is 0 Å². The zero-order valence-electron chi connectivity index (χ0n) is 8.58. The molecule has 0 aromatic carbocycles. The largest absolute Gasteiger partial charge is 0.244 e. The van der Waals surface area contributed by atoms with Gasteiger partial charge in [0, 0.05) is 5.38 Å². The van der Waals surface area contributed by atoms with E-state index in [1.54, 1.807) is 11.3 Å². The Morgan fingerprint density at radius 2 is 2.29 bits per heavy atom. The van der Waals surface area contributed by atoms with Gasteiger partial charge in [0.1, 0.15) is 10.4 Å². The van der Waals surface area contributed by atoms with Gasteiger partial charge in [0.05, 0.1) is 11.8 Å². The van der Waals surface area contributed by atoms with E-state index in [1.165, 1.54) is 6.42 Å². The van der Waals surface area contributed by atoms with Crippen LogP contribution in [0.1, 0.15) is 49.7 Å². The summed E-state index contributed by atoms with van der Waals surface area (Å²) in [7, 11) is 0. The van der Waals surface area contributed by atoms with Crippen LogP contribution in [0.15, 0.2) is 5.38 Å². The minimum atomic E-state index is -0.224. The van der Waals surface area contributed by atoms with Crippen molar-refractivity contribution in [3.05, 3.63) is 16.1 Å². The second kappa shape index (κ2) is 3.36. The van der Waals surface area contributed by atoms with Crippen LogP contribution in [0.5, 0.6) is 0 Å². The van der Waals surface area contributed by atoms with E-state index in [9.17, 15) is 0 Å². The maximum absolute atomic E-state index is 9.15. The topological polar surface area (TPSA) is 36.7 Å². The van der Waals surface area contributed by atoms with E-state index in [2.05, 4.69) is 30.3 Å². The highest BCUT2D eigenvalue weighted by Gasteiger charge is 2.41. The molecule has 0 radical (unpaired) electrons. The molecule has 74 valence electrons. The normalized spacial score (nSPS) is 19.0. The number of nitriles is 1. The van der Waals surface area contributed by atoms with Crippen molar-refractivity contribution < 1.29 is 0 Å². The van der Waals surface area contributed by atoms with Crippen molar-refractivity contribution in [1.29, 1.82) is 5.26 Å². The fraction of sp³-hybridized carbons (Fsp3) is 0.636. The fourth-order valence-corrected chi connectivity index (χ4v) is 2.87. The van der Waals surface area contributed by atoms with Gasteiger partial charge in [0.2, 0.25) is 0 Å². The Balaban J connectivity index is 2.29. The van der Waals surface area contributed by atoms with Gasteiger partial charge < -0.3 is 0 Å². The summed E-state index contributed by atoms with van der Waals surface area (Å²) in [6.07, 6.45) is 3.16. The summed E-state index contributed by atoms with van der Waals surface area (Å²) in [6.45, 7) is 4.28. The summed E-state index contributed by atoms with van der Waals surface area (Å²) in [5.41, 5.74) is 0.907. The Kier molecular flexibility index (Phi) is 2.32. The van der Waals surface area contributed by atoms with Gasteiger partial charge in [0.25, 0.3) is 0 Å². The molecule has 1 saturated carbocycles. The molecule has 3 heteroatoms. The maximum atomic E-state index is 9.15. The van der Waals surface area contributed by atoms with Gasteiger partial charge in [-0.1, -0.05) is 13.8 Å². The van der Waals surface area contributed by atoms with Gasteiger partial charge in [-0.25, -0.2) is 4.98 Å². The Morgan fingerprint density at radius 3 is 2.64 bits per heavy atom. The highest BCUT2D eigenvalue weighted by molar-refractivity contribution is 7.09. The summed E-state index contributed by atoms with van der Waals surface area (Å²) in [5, 5.41) is 12.3. The smallest absolute Gasteiger partial charge is 0.113 e. The van der Waals surface area contributed by atoms with Gasteiger partial charge in [-0.3, -0.25) is 0 Å². The Labute approximate surface area is 88.6 Å². The molecular formula is C11H14N2S. The third-order valence-electron chi connectivity index (χ3n) is 2.94. The molecule has 0 amide bonds. The van der Waals surface area contributed by atoms with Crippen LogP contribution in [0.2, 0.25) is 0 Å². The Bertz CT molecular complexity index is 369. The van der Waals surface area contributed by atoms with E-state index < -0.39 is 0 Å². The lowest BCUT2D eigenvalue weighted by atomic mass is 9.70. The molecule has 1 aliphatic rings. The van der Waals surface area contributed by atoms with Crippen molar-refractivity contribution in [3.63, 3.8) is 0 Å². The SMILES string of the molecule is CC(C)c1csc(C2(C#N)CCC2)n1. The molecule has 0 unspecified atom stereocenters. The van der Waals surface area contributed by atoms with Gasteiger partial charge >= 0.3 is 0 Å². The molecule has 0 N–H and O–H groups in total. The minimum absolute atomic E-state index is 0.224. The lowest BCUT2D eigenvalue weighted by Crippen LogP contribution is -2.32. The summed E-state index contributed by atoms with van der Waals surface area (Å²) in [6, 6.07) is 2.43. The fourth-order valence-electron chi connectivity index (χ4n) is 1.67. The summed E-state index contributed by atoms with van der Waals surface area (Å²) in [4.78, 5) is 4.57. The van der Waals surface area contributed by atoms with E-state index in [0.717, 1.165) is 23.5 Å². The van der Waals surface area contributed by atoms with E-state index in [4.69, 9.17) is 5.26 Å². The van der Waals surface area contributed by atoms with E-state index >= 15 is 0 Å².